The zero-order chi connectivity index (χ0) is 10.2. The monoisotopic (exact) mass is 203 g/mol. The minimum Gasteiger partial charge on any atom is -0.338 e. The van der Waals surface area contributed by atoms with Gasteiger partial charge in [-0.1, -0.05) is 20.8 Å². The number of carbonyl (C=O) groups is 1. The minimum absolute atomic E-state index is 0.140. The highest BCUT2D eigenvalue weighted by Gasteiger charge is 2.36. The zero-order valence-corrected chi connectivity index (χ0v) is 9.56. The number of hydrogen-bond donors (Lipinski definition) is 0. The van der Waals surface area contributed by atoms with E-state index in [-0.39, 0.29) is 16.7 Å². The van der Waals surface area contributed by atoms with Gasteiger partial charge in [-0.15, -0.1) is 11.6 Å². The van der Waals surface area contributed by atoms with E-state index in [0.717, 1.165) is 6.42 Å². The van der Waals surface area contributed by atoms with E-state index in [4.69, 9.17) is 11.6 Å². The Morgan fingerprint density at radius 2 is 2.00 bits per heavy atom. The smallest absolute Gasteiger partial charge is 0.228 e. The Kier molecular flexibility index (Phi) is 2.91. The average molecular weight is 204 g/mol. The lowest BCUT2D eigenvalue weighted by Gasteiger charge is -2.28. The van der Waals surface area contributed by atoms with E-state index in [2.05, 4.69) is 6.92 Å². The SMILES string of the molecule is CC1CC(Cl)CN1C(=O)C(C)(C)C. The van der Waals surface area contributed by atoms with Gasteiger partial charge >= 0.3 is 0 Å². The molecule has 0 aliphatic carbocycles. The number of alkyl halides is 1. The van der Waals surface area contributed by atoms with Crippen molar-refractivity contribution in [2.24, 2.45) is 5.41 Å². The Balaban J connectivity index is 2.68. The molecule has 1 aliphatic rings. The van der Waals surface area contributed by atoms with Gasteiger partial charge in [0.25, 0.3) is 0 Å². The molecule has 1 heterocycles. The van der Waals surface area contributed by atoms with Gasteiger partial charge in [-0.05, 0) is 13.3 Å². The normalized spacial score (nSPS) is 29.5. The Labute approximate surface area is 85.2 Å². The van der Waals surface area contributed by atoms with Crippen molar-refractivity contribution in [3.8, 4) is 0 Å². The summed E-state index contributed by atoms with van der Waals surface area (Å²) in [6.07, 6.45) is 0.920. The van der Waals surface area contributed by atoms with Crippen molar-refractivity contribution in [1.82, 2.24) is 4.90 Å². The maximum Gasteiger partial charge on any atom is 0.228 e. The highest BCUT2D eigenvalue weighted by Crippen LogP contribution is 2.27. The van der Waals surface area contributed by atoms with Crippen LogP contribution < -0.4 is 0 Å². The molecule has 1 saturated heterocycles. The highest BCUT2D eigenvalue weighted by atomic mass is 35.5. The van der Waals surface area contributed by atoms with Gasteiger partial charge in [-0.3, -0.25) is 4.79 Å². The minimum atomic E-state index is -0.283. The van der Waals surface area contributed by atoms with Gasteiger partial charge in [-0.2, -0.15) is 0 Å². The van der Waals surface area contributed by atoms with Crippen LogP contribution in [0.15, 0.2) is 0 Å². The number of nitrogens with zero attached hydrogens (tertiary/aromatic N) is 1. The number of halogens is 1. The summed E-state index contributed by atoms with van der Waals surface area (Å²) in [7, 11) is 0. The fourth-order valence-corrected chi connectivity index (χ4v) is 2.09. The van der Waals surface area contributed by atoms with E-state index in [9.17, 15) is 4.79 Å². The van der Waals surface area contributed by atoms with Gasteiger partial charge < -0.3 is 4.90 Å². The zero-order valence-electron chi connectivity index (χ0n) is 8.80. The van der Waals surface area contributed by atoms with Crippen molar-refractivity contribution >= 4 is 17.5 Å². The van der Waals surface area contributed by atoms with Crippen molar-refractivity contribution < 1.29 is 4.79 Å². The molecular formula is C10H18ClNO. The van der Waals surface area contributed by atoms with Crippen molar-refractivity contribution in [1.29, 1.82) is 0 Å². The third-order valence-corrected chi connectivity index (χ3v) is 2.74. The molecule has 1 fully saturated rings. The quantitative estimate of drug-likeness (QED) is 0.553. The predicted octanol–water partition coefficient (Wildman–Crippen LogP) is 2.26. The second-order valence-corrected chi connectivity index (χ2v) is 5.51. The molecule has 2 nitrogen and oxygen atoms in total. The molecule has 13 heavy (non-hydrogen) atoms. The summed E-state index contributed by atoms with van der Waals surface area (Å²) in [6.45, 7) is 8.61. The first-order chi connectivity index (χ1) is 5.82. The first kappa shape index (κ1) is 10.8. The van der Waals surface area contributed by atoms with Crippen LogP contribution >= 0.6 is 11.6 Å². The van der Waals surface area contributed by atoms with Crippen molar-refractivity contribution in [2.45, 2.75) is 45.5 Å². The number of rotatable bonds is 0. The van der Waals surface area contributed by atoms with Crippen LogP contribution in [0.25, 0.3) is 0 Å². The van der Waals surface area contributed by atoms with E-state index in [1.54, 1.807) is 0 Å². The second-order valence-electron chi connectivity index (χ2n) is 4.89. The van der Waals surface area contributed by atoms with Crippen LogP contribution in [-0.4, -0.2) is 28.8 Å². The lowest BCUT2D eigenvalue weighted by molar-refractivity contribution is -0.139. The highest BCUT2D eigenvalue weighted by molar-refractivity contribution is 6.21. The molecule has 0 N–H and O–H groups in total. The summed E-state index contributed by atoms with van der Waals surface area (Å²) in [5.41, 5.74) is -0.283. The third kappa shape index (κ3) is 2.37. The Morgan fingerprint density at radius 3 is 2.31 bits per heavy atom. The number of likely N-dealkylation sites (tertiary alicyclic amines) is 1. The van der Waals surface area contributed by atoms with Gasteiger partial charge in [0.05, 0.1) is 5.38 Å². The molecule has 2 atom stereocenters. The van der Waals surface area contributed by atoms with E-state index in [1.165, 1.54) is 0 Å². The molecule has 3 heteroatoms. The Morgan fingerprint density at radius 1 is 1.46 bits per heavy atom. The molecule has 0 bridgehead atoms. The molecule has 0 aromatic carbocycles. The topological polar surface area (TPSA) is 20.3 Å². The Bertz CT molecular complexity index is 209. The van der Waals surface area contributed by atoms with Crippen LogP contribution in [-0.2, 0) is 4.79 Å². The molecule has 2 unspecified atom stereocenters. The fraction of sp³-hybridized carbons (Fsp3) is 0.900. The van der Waals surface area contributed by atoms with Gasteiger partial charge in [-0.25, -0.2) is 0 Å². The molecule has 1 aliphatic heterocycles. The molecule has 0 saturated carbocycles. The van der Waals surface area contributed by atoms with Crippen molar-refractivity contribution in [2.75, 3.05) is 6.54 Å². The number of hydrogen-bond acceptors (Lipinski definition) is 1. The summed E-state index contributed by atoms with van der Waals surface area (Å²) in [4.78, 5) is 13.8. The molecule has 1 rings (SSSR count). The second kappa shape index (κ2) is 3.49. The summed E-state index contributed by atoms with van der Waals surface area (Å²) >= 11 is 6.00. The van der Waals surface area contributed by atoms with Crippen LogP contribution in [0.4, 0.5) is 0 Å². The maximum absolute atomic E-state index is 11.9. The van der Waals surface area contributed by atoms with E-state index in [0.29, 0.717) is 12.6 Å². The Hall–Kier alpha value is -0.240. The molecular weight excluding hydrogens is 186 g/mol. The summed E-state index contributed by atoms with van der Waals surface area (Å²) in [5, 5.41) is 0.140. The van der Waals surface area contributed by atoms with Crippen molar-refractivity contribution in [3.63, 3.8) is 0 Å². The first-order valence-corrected chi connectivity index (χ1v) is 5.21. The van der Waals surface area contributed by atoms with Gasteiger partial charge in [0.1, 0.15) is 0 Å². The van der Waals surface area contributed by atoms with E-state index < -0.39 is 0 Å². The van der Waals surface area contributed by atoms with Crippen LogP contribution in [0.3, 0.4) is 0 Å². The van der Waals surface area contributed by atoms with Gasteiger partial charge in [0, 0.05) is 18.0 Å². The summed E-state index contributed by atoms with van der Waals surface area (Å²) < 4.78 is 0. The largest absolute Gasteiger partial charge is 0.338 e. The van der Waals surface area contributed by atoms with Gasteiger partial charge in [0.15, 0.2) is 0 Å². The lowest BCUT2D eigenvalue weighted by atomic mass is 9.94. The van der Waals surface area contributed by atoms with Crippen LogP contribution in [0.5, 0.6) is 0 Å². The van der Waals surface area contributed by atoms with Crippen LogP contribution in [0, 0.1) is 5.41 Å². The molecule has 0 spiro atoms. The predicted molar refractivity (Wildman–Crippen MR) is 54.9 cm³/mol. The summed E-state index contributed by atoms with van der Waals surface area (Å²) in [5.74, 6) is 0.211. The summed E-state index contributed by atoms with van der Waals surface area (Å²) in [6, 6.07) is 0.300. The van der Waals surface area contributed by atoms with Crippen molar-refractivity contribution in [3.05, 3.63) is 0 Å². The van der Waals surface area contributed by atoms with Crippen LogP contribution in [0.2, 0.25) is 0 Å². The molecule has 1 amide bonds. The fourth-order valence-electron chi connectivity index (χ4n) is 1.68. The number of amides is 1. The maximum atomic E-state index is 11.9. The van der Waals surface area contributed by atoms with Gasteiger partial charge in [0.2, 0.25) is 5.91 Å². The average Bonchev–Trinajstić information content (AvgIpc) is 2.26. The first-order valence-electron chi connectivity index (χ1n) is 4.77. The third-order valence-electron chi connectivity index (χ3n) is 2.43. The standard InChI is InChI=1S/C10H18ClNO/c1-7-5-8(11)6-12(7)9(13)10(2,3)4/h7-8H,5-6H2,1-4H3. The molecule has 76 valence electrons. The lowest BCUT2D eigenvalue weighted by Crippen LogP contribution is -2.41. The van der Waals surface area contributed by atoms with E-state index >= 15 is 0 Å². The number of carbonyl (C=O) groups excluding carboxylic acids is 1. The molecule has 0 radical (unpaired) electrons. The molecule has 0 aromatic heterocycles. The molecule has 0 aromatic rings. The van der Waals surface area contributed by atoms with Crippen LogP contribution in [0.1, 0.15) is 34.1 Å². The van der Waals surface area contributed by atoms with E-state index in [1.807, 2.05) is 25.7 Å².